The van der Waals surface area contributed by atoms with E-state index in [1.54, 1.807) is 0 Å². The van der Waals surface area contributed by atoms with E-state index in [0.29, 0.717) is 0 Å². The number of amides is 1. The SMILES string of the molecule is CC(=O)N=NC1CCC(O)CC1. The van der Waals surface area contributed by atoms with Crippen LogP contribution in [0.5, 0.6) is 0 Å². The van der Waals surface area contributed by atoms with Gasteiger partial charge in [0.2, 0.25) is 0 Å². The summed E-state index contributed by atoms with van der Waals surface area (Å²) >= 11 is 0. The quantitative estimate of drug-likeness (QED) is 0.603. The monoisotopic (exact) mass is 170 g/mol. The number of aliphatic hydroxyl groups is 1. The first-order valence-corrected chi connectivity index (χ1v) is 4.28. The maximum atomic E-state index is 10.4. The molecule has 0 unspecified atom stereocenters. The first-order chi connectivity index (χ1) is 5.68. The summed E-state index contributed by atoms with van der Waals surface area (Å²) in [7, 11) is 0. The number of hydrogen-bond donors (Lipinski definition) is 1. The average molecular weight is 170 g/mol. The Hall–Kier alpha value is -0.770. The number of carbonyl (C=O) groups excluding carboxylic acids is 1. The van der Waals surface area contributed by atoms with Crippen LogP contribution in [0.3, 0.4) is 0 Å². The van der Waals surface area contributed by atoms with Crippen molar-refractivity contribution in [2.24, 2.45) is 10.2 Å². The molecule has 0 radical (unpaired) electrons. The molecule has 0 spiro atoms. The Morgan fingerprint density at radius 2 is 1.92 bits per heavy atom. The van der Waals surface area contributed by atoms with Gasteiger partial charge in [0.25, 0.3) is 5.91 Å². The van der Waals surface area contributed by atoms with E-state index in [2.05, 4.69) is 10.2 Å². The van der Waals surface area contributed by atoms with Crippen molar-refractivity contribution in [1.82, 2.24) is 0 Å². The summed E-state index contributed by atoms with van der Waals surface area (Å²) in [4.78, 5) is 10.4. The van der Waals surface area contributed by atoms with E-state index < -0.39 is 0 Å². The van der Waals surface area contributed by atoms with Crippen LogP contribution in [0.4, 0.5) is 0 Å². The van der Waals surface area contributed by atoms with Crippen LogP contribution in [0, 0.1) is 0 Å². The second-order valence-corrected chi connectivity index (χ2v) is 3.20. The normalized spacial score (nSPS) is 30.8. The maximum Gasteiger partial charge on any atom is 0.261 e. The third-order valence-corrected chi connectivity index (χ3v) is 2.03. The fourth-order valence-electron chi connectivity index (χ4n) is 1.34. The summed E-state index contributed by atoms with van der Waals surface area (Å²) in [5.41, 5.74) is 0. The second-order valence-electron chi connectivity index (χ2n) is 3.20. The van der Waals surface area contributed by atoms with Crippen molar-refractivity contribution in [1.29, 1.82) is 0 Å². The molecule has 0 heterocycles. The number of nitrogens with zero attached hydrogens (tertiary/aromatic N) is 2. The number of carbonyl (C=O) groups is 1. The lowest BCUT2D eigenvalue weighted by Crippen LogP contribution is -2.20. The molecule has 0 atom stereocenters. The van der Waals surface area contributed by atoms with Gasteiger partial charge >= 0.3 is 0 Å². The molecular weight excluding hydrogens is 156 g/mol. The molecule has 1 rings (SSSR count). The van der Waals surface area contributed by atoms with Gasteiger partial charge in [-0.25, -0.2) is 0 Å². The van der Waals surface area contributed by atoms with Crippen LogP contribution in [0.15, 0.2) is 10.2 Å². The largest absolute Gasteiger partial charge is 0.393 e. The Morgan fingerprint density at radius 3 is 2.42 bits per heavy atom. The summed E-state index contributed by atoms with van der Waals surface area (Å²) in [6.45, 7) is 1.39. The minimum Gasteiger partial charge on any atom is -0.393 e. The van der Waals surface area contributed by atoms with Crippen molar-refractivity contribution >= 4 is 5.91 Å². The molecule has 68 valence electrons. The molecule has 0 aromatic carbocycles. The lowest BCUT2D eigenvalue weighted by molar-refractivity contribution is -0.116. The number of aliphatic hydroxyl groups excluding tert-OH is 1. The molecule has 1 aliphatic rings. The molecule has 4 nitrogen and oxygen atoms in total. The highest BCUT2D eigenvalue weighted by atomic mass is 16.3. The molecule has 0 aliphatic heterocycles. The smallest absolute Gasteiger partial charge is 0.261 e. The van der Waals surface area contributed by atoms with Crippen LogP contribution in [0.1, 0.15) is 32.6 Å². The summed E-state index contributed by atoms with van der Waals surface area (Å²) in [5.74, 6) is -0.249. The van der Waals surface area contributed by atoms with Gasteiger partial charge in [-0.2, -0.15) is 5.11 Å². The summed E-state index contributed by atoms with van der Waals surface area (Å²) in [6, 6.07) is 0.150. The van der Waals surface area contributed by atoms with Crippen molar-refractivity contribution < 1.29 is 9.90 Å². The van der Waals surface area contributed by atoms with Gasteiger partial charge < -0.3 is 5.11 Å². The molecular formula is C8H14N2O2. The van der Waals surface area contributed by atoms with E-state index in [1.807, 2.05) is 0 Å². The van der Waals surface area contributed by atoms with Crippen molar-refractivity contribution in [3.63, 3.8) is 0 Å². The Morgan fingerprint density at radius 1 is 1.33 bits per heavy atom. The van der Waals surface area contributed by atoms with Crippen LogP contribution >= 0.6 is 0 Å². The topological polar surface area (TPSA) is 62.0 Å². The van der Waals surface area contributed by atoms with E-state index >= 15 is 0 Å². The third-order valence-electron chi connectivity index (χ3n) is 2.03. The molecule has 1 amide bonds. The van der Waals surface area contributed by atoms with E-state index in [1.165, 1.54) is 6.92 Å². The highest BCUT2D eigenvalue weighted by Crippen LogP contribution is 2.20. The minimum atomic E-state index is -0.249. The zero-order valence-electron chi connectivity index (χ0n) is 7.23. The number of azo groups is 1. The molecule has 12 heavy (non-hydrogen) atoms. The molecule has 0 saturated heterocycles. The van der Waals surface area contributed by atoms with Crippen LogP contribution in [-0.2, 0) is 4.79 Å². The zero-order valence-corrected chi connectivity index (χ0v) is 7.23. The molecule has 1 aliphatic carbocycles. The molecule has 4 heteroatoms. The molecule has 1 N–H and O–H groups in total. The molecule has 0 aromatic heterocycles. The molecule has 0 bridgehead atoms. The molecule has 0 aromatic rings. The fraction of sp³-hybridized carbons (Fsp3) is 0.875. The highest BCUT2D eigenvalue weighted by molar-refractivity contribution is 5.73. The van der Waals surface area contributed by atoms with E-state index in [0.717, 1.165) is 25.7 Å². The Balaban J connectivity index is 2.30. The van der Waals surface area contributed by atoms with Crippen LogP contribution < -0.4 is 0 Å². The van der Waals surface area contributed by atoms with Crippen LogP contribution in [0.2, 0.25) is 0 Å². The van der Waals surface area contributed by atoms with Gasteiger partial charge in [-0.3, -0.25) is 4.79 Å². The van der Waals surface area contributed by atoms with Gasteiger partial charge in [0.15, 0.2) is 0 Å². The summed E-state index contributed by atoms with van der Waals surface area (Å²) in [6.07, 6.45) is 3.08. The third kappa shape index (κ3) is 3.09. The summed E-state index contributed by atoms with van der Waals surface area (Å²) < 4.78 is 0. The first kappa shape index (κ1) is 9.32. The first-order valence-electron chi connectivity index (χ1n) is 4.28. The van der Waals surface area contributed by atoms with Crippen molar-refractivity contribution in [3.8, 4) is 0 Å². The van der Waals surface area contributed by atoms with Gasteiger partial charge in [0.1, 0.15) is 0 Å². The Labute approximate surface area is 71.7 Å². The standard InChI is InChI=1S/C8H14N2O2/c1-6(11)9-10-7-2-4-8(12)5-3-7/h7-8,12H,2-5H2,1H3. The minimum absolute atomic E-state index is 0.150. The average Bonchev–Trinajstić information content (AvgIpc) is 2.03. The van der Waals surface area contributed by atoms with E-state index in [9.17, 15) is 4.79 Å². The summed E-state index contributed by atoms with van der Waals surface area (Å²) in [5, 5.41) is 16.5. The lowest BCUT2D eigenvalue weighted by atomic mass is 9.94. The van der Waals surface area contributed by atoms with Gasteiger partial charge in [-0.05, 0) is 25.7 Å². The Bertz CT molecular complexity index is 183. The molecule has 1 saturated carbocycles. The second kappa shape index (κ2) is 4.30. The predicted octanol–water partition coefficient (Wildman–Crippen LogP) is 1.29. The van der Waals surface area contributed by atoms with Gasteiger partial charge in [-0.15, -0.1) is 5.11 Å². The van der Waals surface area contributed by atoms with Gasteiger partial charge in [0, 0.05) is 6.92 Å². The molecule has 1 fully saturated rings. The maximum absolute atomic E-state index is 10.4. The van der Waals surface area contributed by atoms with Crippen molar-refractivity contribution in [2.45, 2.75) is 44.8 Å². The van der Waals surface area contributed by atoms with Gasteiger partial charge in [-0.1, -0.05) is 0 Å². The van der Waals surface area contributed by atoms with Gasteiger partial charge in [0.05, 0.1) is 12.1 Å². The number of rotatable bonds is 1. The lowest BCUT2D eigenvalue weighted by Gasteiger charge is -2.20. The van der Waals surface area contributed by atoms with Crippen molar-refractivity contribution in [2.75, 3.05) is 0 Å². The van der Waals surface area contributed by atoms with Crippen LogP contribution in [-0.4, -0.2) is 23.2 Å². The van der Waals surface area contributed by atoms with E-state index in [4.69, 9.17) is 5.11 Å². The Kier molecular flexibility index (Phi) is 3.34. The predicted molar refractivity (Wildman–Crippen MR) is 43.8 cm³/mol. The fourth-order valence-corrected chi connectivity index (χ4v) is 1.34. The van der Waals surface area contributed by atoms with Crippen LogP contribution in [0.25, 0.3) is 0 Å². The number of hydrogen-bond acceptors (Lipinski definition) is 3. The highest BCUT2D eigenvalue weighted by Gasteiger charge is 2.18. The van der Waals surface area contributed by atoms with E-state index in [-0.39, 0.29) is 18.1 Å². The zero-order chi connectivity index (χ0) is 8.97. The van der Waals surface area contributed by atoms with Crippen molar-refractivity contribution in [3.05, 3.63) is 0 Å².